The molecule has 0 radical (unpaired) electrons. The highest BCUT2D eigenvalue weighted by atomic mass is 16.3. The first-order valence-electron chi connectivity index (χ1n) is 24.6. The van der Waals surface area contributed by atoms with Crippen LogP contribution in [0.1, 0.15) is 30.2 Å². The maximum Gasteiger partial charge on any atom is 0.136 e. The molecular formula is C44H28O. The van der Waals surface area contributed by atoms with E-state index in [1.165, 1.54) is 12.1 Å². The van der Waals surface area contributed by atoms with Crippen LogP contribution in [0.2, 0.25) is 0 Å². The van der Waals surface area contributed by atoms with E-state index in [-0.39, 0.29) is 27.7 Å². The topological polar surface area (TPSA) is 13.1 Å². The number of para-hydroxylation sites is 1. The van der Waals surface area contributed by atoms with Crippen molar-refractivity contribution in [3.8, 4) is 44.5 Å². The molecule has 0 atom stereocenters. The molecule has 0 fully saturated rings. The number of benzene rings is 8. The lowest BCUT2D eigenvalue weighted by molar-refractivity contribution is 0.669. The highest BCUT2D eigenvalue weighted by Gasteiger charge is 2.22. The third-order valence-electron chi connectivity index (χ3n) is 7.56. The number of rotatable bonds is 4. The first-order chi connectivity index (χ1) is 31.5. The van der Waals surface area contributed by atoms with Gasteiger partial charge >= 0.3 is 0 Å². The number of hydrogen-bond acceptors (Lipinski definition) is 1. The molecule has 0 aliphatic carbocycles. The van der Waals surface area contributed by atoms with Gasteiger partial charge in [-0.1, -0.05) is 151 Å². The van der Waals surface area contributed by atoms with Gasteiger partial charge in [-0.2, -0.15) is 0 Å². The summed E-state index contributed by atoms with van der Waals surface area (Å²) >= 11 is 0. The van der Waals surface area contributed by atoms with Crippen LogP contribution in [0.3, 0.4) is 0 Å². The summed E-state index contributed by atoms with van der Waals surface area (Å²) in [5.74, 6) is 0. The van der Waals surface area contributed by atoms with Crippen LogP contribution in [0.5, 0.6) is 0 Å². The second-order valence-corrected chi connectivity index (χ2v) is 9.96. The minimum Gasteiger partial charge on any atom is -0.456 e. The Bertz CT molecular complexity index is 3610. The smallest absolute Gasteiger partial charge is 0.136 e. The van der Waals surface area contributed by atoms with E-state index in [1.807, 2.05) is 0 Å². The molecule has 45 heavy (non-hydrogen) atoms. The Labute approximate surface area is 292 Å². The minimum absolute atomic E-state index is 0.137. The Hall–Kier alpha value is -5.92. The third kappa shape index (κ3) is 4.09. The molecule has 0 bridgehead atoms. The van der Waals surface area contributed by atoms with Gasteiger partial charge in [0.05, 0.1) is 30.2 Å². The number of furan rings is 1. The lowest BCUT2D eigenvalue weighted by atomic mass is 9.82. The standard InChI is InChI=1S/C44H28O/c1-3-13-29(14-4-1)30-23-25-32(26-24-30)41-33-17-7-9-19-35(33)43(36-20-10-8-18-34(36)41)38-27-28-40-44(37-21-11-12-22-39(37)45-40)42(38)31-15-5-2-6-16-31/h1-28H/i1D,2D,3D,4D,5D,6D,7D,8D,9D,10D,13D,14D,15D,16D,17D,18D,19D,20D,23D,24D,25D,26D. The average molecular weight is 595 g/mol. The van der Waals surface area contributed by atoms with Gasteiger partial charge in [0.25, 0.3) is 0 Å². The van der Waals surface area contributed by atoms with E-state index in [0.717, 1.165) is 0 Å². The van der Waals surface area contributed by atoms with Gasteiger partial charge in [-0.25, -0.2) is 0 Å². The highest BCUT2D eigenvalue weighted by Crippen LogP contribution is 2.49. The molecular weight excluding hydrogens is 544 g/mol. The second-order valence-electron chi connectivity index (χ2n) is 9.96. The molecule has 0 amide bonds. The fraction of sp³-hybridized carbons (Fsp3) is 0. The molecule has 0 N–H and O–H groups in total. The van der Waals surface area contributed by atoms with Crippen LogP contribution in [0.4, 0.5) is 0 Å². The zero-order valence-electron chi connectivity index (χ0n) is 44.9. The first kappa shape index (κ1) is 11.9. The van der Waals surface area contributed by atoms with Gasteiger partial charge in [0.1, 0.15) is 11.2 Å². The summed E-state index contributed by atoms with van der Waals surface area (Å²) in [6, 6.07) is -8.97. The van der Waals surface area contributed by atoms with E-state index in [9.17, 15) is 11.0 Å². The van der Waals surface area contributed by atoms with Crippen LogP contribution in [0.25, 0.3) is 88.0 Å². The van der Waals surface area contributed by atoms with E-state index in [2.05, 4.69) is 0 Å². The van der Waals surface area contributed by atoms with Crippen molar-refractivity contribution >= 4 is 43.5 Å². The first-order valence-corrected chi connectivity index (χ1v) is 13.6. The number of hydrogen-bond donors (Lipinski definition) is 0. The van der Waals surface area contributed by atoms with Crippen molar-refractivity contribution in [2.24, 2.45) is 0 Å². The molecule has 8 aromatic carbocycles. The lowest BCUT2D eigenvalue weighted by Gasteiger charge is -2.20. The van der Waals surface area contributed by atoms with Crippen molar-refractivity contribution < 1.29 is 34.6 Å². The molecule has 210 valence electrons. The molecule has 0 aliphatic heterocycles. The van der Waals surface area contributed by atoms with Crippen LogP contribution in [0, 0.1) is 0 Å². The highest BCUT2D eigenvalue weighted by molar-refractivity contribution is 6.25. The summed E-state index contributed by atoms with van der Waals surface area (Å²) in [4.78, 5) is 0. The van der Waals surface area contributed by atoms with Crippen molar-refractivity contribution in [3.05, 3.63) is 169 Å². The summed E-state index contributed by atoms with van der Waals surface area (Å²) in [7, 11) is 0. The van der Waals surface area contributed by atoms with Crippen LogP contribution in [-0.4, -0.2) is 0 Å². The third-order valence-corrected chi connectivity index (χ3v) is 7.56. The molecule has 9 aromatic rings. The van der Waals surface area contributed by atoms with Crippen molar-refractivity contribution in [2.45, 2.75) is 0 Å². The van der Waals surface area contributed by atoms with E-state index in [0.29, 0.717) is 11.0 Å². The molecule has 1 heterocycles. The monoisotopic (exact) mass is 594 g/mol. The Morgan fingerprint density at radius 1 is 0.356 bits per heavy atom. The molecule has 0 aliphatic rings. The molecule has 0 saturated heterocycles. The largest absolute Gasteiger partial charge is 0.456 e. The Kier molecular flexibility index (Phi) is 2.73. The lowest BCUT2D eigenvalue weighted by Crippen LogP contribution is -1.93. The zero-order chi connectivity index (χ0) is 48.9. The SMILES string of the molecule is [2H]c1c([2H])c([2H])c(-c2c([2H])c([2H])c(-c3c4c([2H])c([2H])c([2H])c([2H])c4c(-c4ccc5oc6ccccc6c5c4-c4c([2H])c([2H])c([2H])c([2H])c4[2H])c4c([2H])c([2H])c([2H])c([2H])c34)c([2H])c2[2H])c([2H])c1[2H]. The Balaban J connectivity index is 1.60. The van der Waals surface area contributed by atoms with Crippen LogP contribution in [0.15, 0.2) is 174 Å². The molecule has 1 heteroatoms. The van der Waals surface area contributed by atoms with Crippen molar-refractivity contribution in [2.75, 3.05) is 0 Å². The molecule has 0 spiro atoms. The van der Waals surface area contributed by atoms with Crippen molar-refractivity contribution in [3.63, 3.8) is 0 Å². The fourth-order valence-corrected chi connectivity index (χ4v) is 5.74. The normalized spacial score (nSPS) is 18.4. The summed E-state index contributed by atoms with van der Waals surface area (Å²) in [6.45, 7) is 0. The Morgan fingerprint density at radius 2 is 0.844 bits per heavy atom. The van der Waals surface area contributed by atoms with Gasteiger partial charge in [-0.05, 0) is 78.7 Å². The van der Waals surface area contributed by atoms with Gasteiger partial charge in [-0.3, -0.25) is 0 Å². The van der Waals surface area contributed by atoms with Crippen molar-refractivity contribution in [1.29, 1.82) is 0 Å². The predicted octanol–water partition coefficient (Wildman–Crippen LogP) is 12.6. The van der Waals surface area contributed by atoms with E-state index >= 15 is 0 Å². The van der Waals surface area contributed by atoms with E-state index in [1.54, 1.807) is 24.3 Å². The van der Waals surface area contributed by atoms with Crippen LogP contribution >= 0.6 is 0 Å². The minimum atomic E-state index is -0.968. The zero-order valence-corrected chi connectivity index (χ0v) is 22.9. The molecule has 0 unspecified atom stereocenters. The maximum atomic E-state index is 9.51. The van der Waals surface area contributed by atoms with E-state index < -0.39 is 182 Å². The summed E-state index contributed by atoms with van der Waals surface area (Å²) in [5.41, 5.74) is -3.30. The van der Waals surface area contributed by atoms with Gasteiger partial charge in [-0.15, -0.1) is 0 Å². The van der Waals surface area contributed by atoms with Gasteiger partial charge in [0.15, 0.2) is 0 Å². The van der Waals surface area contributed by atoms with Crippen LogP contribution < -0.4 is 0 Å². The van der Waals surface area contributed by atoms with E-state index in [4.69, 9.17) is 23.6 Å². The molecule has 0 saturated carbocycles. The fourth-order valence-electron chi connectivity index (χ4n) is 5.74. The van der Waals surface area contributed by atoms with Gasteiger partial charge in [0, 0.05) is 16.3 Å². The molecule has 9 rings (SSSR count). The molecule has 1 nitrogen and oxygen atoms in total. The van der Waals surface area contributed by atoms with Gasteiger partial charge in [0.2, 0.25) is 0 Å². The summed E-state index contributed by atoms with van der Waals surface area (Å²) < 4.78 is 203. The Morgan fingerprint density at radius 3 is 1.49 bits per heavy atom. The molecule has 1 aromatic heterocycles. The average Bonchev–Trinajstić information content (AvgIpc) is 3.70. The number of fused-ring (bicyclic) bond motifs is 5. The van der Waals surface area contributed by atoms with Gasteiger partial charge < -0.3 is 4.42 Å². The summed E-state index contributed by atoms with van der Waals surface area (Å²) in [6.07, 6.45) is 0. The maximum absolute atomic E-state index is 9.51. The second kappa shape index (κ2) is 10.4. The quantitative estimate of drug-likeness (QED) is 0.185. The summed E-state index contributed by atoms with van der Waals surface area (Å²) in [5, 5.41) is -1.53. The van der Waals surface area contributed by atoms with Crippen molar-refractivity contribution in [1.82, 2.24) is 0 Å². The van der Waals surface area contributed by atoms with Crippen LogP contribution in [-0.2, 0) is 0 Å². The predicted molar refractivity (Wildman–Crippen MR) is 190 cm³/mol.